The Hall–Kier alpha value is -3.35. The van der Waals surface area contributed by atoms with Crippen LogP contribution in [0.15, 0.2) is 48.5 Å². The van der Waals surface area contributed by atoms with Crippen LogP contribution in [-0.4, -0.2) is 28.4 Å². The summed E-state index contributed by atoms with van der Waals surface area (Å²) in [6, 6.07) is 14.4. The molecule has 0 saturated carbocycles. The maximum absolute atomic E-state index is 12.2. The number of nitrogens with one attached hydrogen (secondary N) is 3. The van der Waals surface area contributed by atoms with Crippen LogP contribution < -0.4 is 15.6 Å². The molecular formula is C18H18N4O3. The van der Waals surface area contributed by atoms with Gasteiger partial charge in [0.2, 0.25) is 5.91 Å². The summed E-state index contributed by atoms with van der Waals surface area (Å²) in [5.41, 5.74) is 6.79. The Labute approximate surface area is 144 Å². The third kappa shape index (κ3) is 3.95. The van der Waals surface area contributed by atoms with Gasteiger partial charge >= 0.3 is 0 Å². The van der Waals surface area contributed by atoms with E-state index in [0.29, 0.717) is 23.7 Å². The monoisotopic (exact) mass is 338 g/mol. The molecule has 2 amide bonds. The Morgan fingerprint density at radius 3 is 2.64 bits per heavy atom. The summed E-state index contributed by atoms with van der Waals surface area (Å²) in [7, 11) is 0. The molecule has 0 spiro atoms. The summed E-state index contributed by atoms with van der Waals surface area (Å²) in [5.74, 6) is 0.181. The second-order valence-corrected chi connectivity index (χ2v) is 5.31. The third-order valence-corrected chi connectivity index (χ3v) is 3.51. The number of rotatable bonds is 5. The number of hydrazine groups is 1. The quantitative estimate of drug-likeness (QED) is 0.620. The molecule has 0 aliphatic carbocycles. The van der Waals surface area contributed by atoms with E-state index in [2.05, 4.69) is 20.8 Å². The SMILES string of the molecule is CCOc1ccccc1C(=O)NNC(=O)Cc1nc2ccccc2[nH]1. The van der Waals surface area contributed by atoms with Gasteiger partial charge in [0.1, 0.15) is 11.6 Å². The van der Waals surface area contributed by atoms with Gasteiger partial charge in [-0.3, -0.25) is 20.4 Å². The van der Waals surface area contributed by atoms with Crippen LogP contribution in [0.2, 0.25) is 0 Å². The van der Waals surface area contributed by atoms with Crippen LogP contribution in [0, 0.1) is 0 Å². The number of para-hydroxylation sites is 3. The van der Waals surface area contributed by atoms with Gasteiger partial charge in [-0.05, 0) is 31.2 Å². The molecule has 0 radical (unpaired) electrons. The van der Waals surface area contributed by atoms with Crippen molar-refractivity contribution in [2.24, 2.45) is 0 Å². The van der Waals surface area contributed by atoms with Gasteiger partial charge in [-0.2, -0.15) is 0 Å². The molecule has 3 aromatic rings. The highest BCUT2D eigenvalue weighted by molar-refractivity contribution is 5.98. The number of amides is 2. The van der Waals surface area contributed by atoms with Crippen LogP contribution >= 0.6 is 0 Å². The molecule has 3 N–H and O–H groups in total. The number of carbonyl (C=O) groups is 2. The first-order valence-electron chi connectivity index (χ1n) is 7.92. The van der Waals surface area contributed by atoms with Gasteiger partial charge in [0, 0.05) is 0 Å². The summed E-state index contributed by atoms with van der Waals surface area (Å²) in [4.78, 5) is 31.6. The van der Waals surface area contributed by atoms with Crippen LogP contribution in [-0.2, 0) is 11.2 Å². The third-order valence-electron chi connectivity index (χ3n) is 3.51. The van der Waals surface area contributed by atoms with Crippen molar-refractivity contribution < 1.29 is 14.3 Å². The fraction of sp³-hybridized carbons (Fsp3) is 0.167. The normalized spacial score (nSPS) is 10.4. The van der Waals surface area contributed by atoms with Crippen molar-refractivity contribution in [1.29, 1.82) is 0 Å². The van der Waals surface area contributed by atoms with Crippen LogP contribution in [0.5, 0.6) is 5.75 Å². The summed E-state index contributed by atoms with van der Waals surface area (Å²) in [5, 5.41) is 0. The smallest absolute Gasteiger partial charge is 0.273 e. The Balaban J connectivity index is 1.59. The number of aromatic nitrogens is 2. The van der Waals surface area contributed by atoms with E-state index in [1.807, 2.05) is 31.2 Å². The average molecular weight is 338 g/mol. The zero-order chi connectivity index (χ0) is 17.6. The van der Waals surface area contributed by atoms with Crippen LogP contribution in [0.3, 0.4) is 0 Å². The van der Waals surface area contributed by atoms with E-state index >= 15 is 0 Å². The number of carbonyl (C=O) groups excluding carboxylic acids is 2. The molecule has 0 aliphatic heterocycles. The van der Waals surface area contributed by atoms with Crippen molar-refractivity contribution >= 4 is 22.8 Å². The minimum Gasteiger partial charge on any atom is -0.493 e. The Bertz CT molecular complexity index is 871. The van der Waals surface area contributed by atoms with E-state index in [0.717, 1.165) is 11.0 Å². The lowest BCUT2D eigenvalue weighted by molar-refractivity contribution is -0.121. The maximum atomic E-state index is 12.2. The largest absolute Gasteiger partial charge is 0.493 e. The van der Waals surface area contributed by atoms with Gasteiger partial charge in [-0.15, -0.1) is 0 Å². The molecule has 0 unspecified atom stereocenters. The number of hydrogen-bond acceptors (Lipinski definition) is 4. The number of H-pyrrole nitrogens is 1. The van der Waals surface area contributed by atoms with E-state index in [4.69, 9.17) is 4.74 Å². The standard InChI is InChI=1S/C18H18N4O3/c1-2-25-15-10-6-3-7-12(15)18(24)22-21-17(23)11-16-19-13-8-4-5-9-14(13)20-16/h3-10H,2,11H2,1H3,(H,19,20)(H,21,23)(H,22,24). The van der Waals surface area contributed by atoms with Gasteiger partial charge in [-0.25, -0.2) is 4.98 Å². The molecule has 0 saturated heterocycles. The predicted molar refractivity (Wildman–Crippen MR) is 93.0 cm³/mol. The first-order valence-corrected chi connectivity index (χ1v) is 7.92. The van der Waals surface area contributed by atoms with E-state index in [1.165, 1.54) is 0 Å². The summed E-state index contributed by atoms with van der Waals surface area (Å²) in [6.45, 7) is 2.28. The van der Waals surface area contributed by atoms with Crippen molar-refractivity contribution in [3.63, 3.8) is 0 Å². The molecule has 0 aliphatic rings. The number of nitrogens with zero attached hydrogens (tertiary/aromatic N) is 1. The summed E-state index contributed by atoms with van der Waals surface area (Å²) in [6.07, 6.45) is 0.0298. The van der Waals surface area contributed by atoms with Crippen molar-refractivity contribution in [2.75, 3.05) is 6.61 Å². The average Bonchev–Trinajstić information content (AvgIpc) is 3.02. The lowest BCUT2D eigenvalue weighted by Gasteiger charge is -2.10. The summed E-state index contributed by atoms with van der Waals surface area (Å²) < 4.78 is 5.41. The molecular weight excluding hydrogens is 320 g/mol. The fourth-order valence-electron chi connectivity index (χ4n) is 2.42. The van der Waals surface area contributed by atoms with Gasteiger partial charge in [0.25, 0.3) is 5.91 Å². The van der Waals surface area contributed by atoms with Crippen LogP contribution in [0.1, 0.15) is 23.1 Å². The number of hydrogen-bond donors (Lipinski definition) is 3. The zero-order valence-electron chi connectivity index (χ0n) is 13.7. The topological polar surface area (TPSA) is 96.1 Å². The van der Waals surface area contributed by atoms with Gasteiger partial charge in [0.05, 0.1) is 29.6 Å². The molecule has 0 atom stereocenters. The highest BCUT2D eigenvalue weighted by atomic mass is 16.5. The number of imidazole rings is 1. The number of aromatic amines is 1. The Kier molecular flexibility index (Phi) is 4.94. The highest BCUT2D eigenvalue weighted by Gasteiger charge is 2.13. The molecule has 0 fully saturated rings. The Morgan fingerprint density at radius 1 is 1.08 bits per heavy atom. The van der Waals surface area contributed by atoms with Crippen molar-refractivity contribution in [3.05, 3.63) is 59.9 Å². The van der Waals surface area contributed by atoms with Crippen LogP contribution in [0.25, 0.3) is 11.0 Å². The number of benzene rings is 2. The lowest BCUT2D eigenvalue weighted by Crippen LogP contribution is -2.42. The van der Waals surface area contributed by atoms with Gasteiger partial charge in [-0.1, -0.05) is 24.3 Å². The molecule has 7 heteroatoms. The fourth-order valence-corrected chi connectivity index (χ4v) is 2.42. The number of fused-ring (bicyclic) bond motifs is 1. The first kappa shape index (κ1) is 16.5. The van der Waals surface area contributed by atoms with Crippen molar-refractivity contribution in [1.82, 2.24) is 20.8 Å². The molecule has 0 bridgehead atoms. The highest BCUT2D eigenvalue weighted by Crippen LogP contribution is 2.17. The van der Waals surface area contributed by atoms with Crippen LogP contribution in [0.4, 0.5) is 0 Å². The number of ether oxygens (including phenoxy) is 1. The van der Waals surface area contributed by atoms with Crippen molar-refractivity contribution in [2.45, 2.75) is 13.3 Å². The molecule has 7 nitrogen and oxygen atoms in total. The van der Waals surface area contributed by atoms with Gasteiger partial charge in [0.15, 0.2) is 0 Å². The second-order valence-electron chi connectivity index (χ2n) is 5.31. The van der Waals surface area contributed by atoms with Crippen molar-refractivity contribution in [3.8, 4) is 5.75 Å². The molecule has 2 aromatic carbocycles. The molecule has 1 aromatic heterocycles. The lowest BCUT2D eigenvalue weighted by atomic mass is 10.2. The zero-order valence-corrected chi connectivity index (χ0v) is 13.7. The minimum absolute atomic E-state index is 0.0298. The first-order chi connectivity index (χ1) is 12.2. The molecule has 3 rings (SSSR count). The second kappa shape index (κ2) is 7.48. The molecule has 128 valence electrons. The van der Waals surface area contributed by atoms with E-state index in [9.17, 15) is 9.59 Å². The predicted octanol–water partition coefficient (Wildman–Crippen LogP) is 1.97. The van der Waals surface area contributed by atoms with E-state index in [-0.39, 0.29) is 12.3 Å². The van der Waals surface area contributed by atoms with Gasteiger partial charge < -0.3 is 9.72 Å². The molecule has 1 heterocycles. The van der Waals surface area contributed by atoms with E-state index in [1.54, 1.807) is 24.3 Å². The maximum Gasteiger partial charge on any atom is 0.273 e. The Morgan fingerprint density at radius 2 is 1.84 bits per heavy atom. The molecule has 25 heavy (non-hydrogen) atoms. The summed E-state index contributed by atoms with van der Waals surface area (Å²) >= 11 is 0. The van der Waals surface area contributed by atoms with E-state index < -0.39 is 5.91 Å². The minimum atomic E-state index is -0.443.